The summed E-state index contributed by atoms with van der Waals surface area (Å²) in [5, 5.41) is 6.96. The number of hydrogen-bond donors (Lipinski definition) is 1. The summed E-state index contributed by atoms with van der Waals surface area (Å²) in [5.74, 6) is 0. The van der Waals surface area contributed by atoms with E-state index in [2.05, 4.69) is 15.5 Å². The van der Waals surface area contributed by atoms with Gasteiger partial charge in [-0.25, -0.2) is 4.98 Å². The molecular weight excluding hydrogens is 254 g/mol. The van der Waals surface area contributed by atoms with Gasteiger partial charge in [0.1, 0.15) is 0 Å². The van der Waals surface area contributed by atoms with Gasteiger partial charge in [-0.3, -0.25) is 5.43 Å². The number of aromatic nitrogens is 1. The van der Waals surface area contributed by atoms with Crippen LogP contribution in [0.3, 0.4) is 0 Å². The Balaban J connectivity index is 0.00000144. The van der Waals surface area contributed by atoms with Crippen LogP contribution in [0.15, 0.2) is 40.8 Å². The number of thiazole rings is 1. The molecule has 0 spiro atoms. The summed E-state index contributed by atoms with van der Waals surface area (Å²) in [6, 6.07) is 10.1. The second-order valence-corrected chi connectivity index (χ2v) is 4.43. The molecule has 1 heterocycles. The minimum absolute atomic E-state index is 0. The smallest absolute Gasteiger partial charge is 0.203 e. The number of halogens is 1. The highest BCUT2D eigenvalue weighted by Crippen LogP contribution is 2.24. The molecular formula is C12H14ClN3S. The lowest BCUT2D eigenvalue weighted by atomic mass is 10.2. The zero-order valence-electron chi connectivity index (χ0n) is 9.68. The lowest BCUT2D eigenvalue weighted by Crippen LogP contribution is -1.92. The molecule has 0 amide bonds. The molecule has 0 aliphatic rings. The molecule has 0 unspecified atom stereocenters. The highest BCUT2D eigenvalue weighted by atomic mass is 35.5. The van der Waals surface area contributed by atoms with Crippen molar-refractivity contribution in [3.8, 4) is 11.3 Å². The number of nitrogens with one attached hydrogen (secondary N) is 1. The van der Waals surface area contributed by atoms with Gasteiger partial charge in [0.2, 0.25) is 5.13 Å². The summed E-state index contributed by atoms with van der Waals surface area (Å²) in [6.45, 7) is 3.89. The number of nitrogens with zero attached hydrogens (tertiary/aromatic N) is 2. The molecule has 2 aromatic rings. The Morgan fingerprint density at radius 2 is 1.94 bits per heavy atom. The maximum Gasteiger partial charge on any atom is 0.203 e. The van der Waals surface area contributed by atoms with Crippen molar-refractivity contribution in [2.75, 3.05) is 5.43 Å². The Hall–Kier alpha value is -1.39. The number of hydrazone groups is 1. The van der Waals surface area contributed by atoms with Crippen LogP contribution in [0.1, 0.15) is 13.8 Å². The van der Waals surface area contributed by atoms with E-state index in [4.69, 9.17) is 0 Å². The Bertz CT molecular complexity index is 489. The van der Waals surface area contributed by atoms with E-state index in [0.717, 1.165) is 22.1 Å². The minimum Gasteiger partial charge on any atom is -0.253 e. The van der Waals surface area contributed by atoms with Crippen LogP contribution in [0, 0.1) is 0 Å². The van der Waals surface area contributed by atoms with E-state index in [0.29, 0.717) is 0 Å². The van der Waals surface area contributed by atoms with Gasteiger partial charge in [-0.05, 0) is 13.8 Å². The van der Waals surface area contributed by atoms with E-state index in [-0.39, 0.29) is 12.4 Å². The summed E-state index contributed by atoms with van der Waals surface area (Å²) >= 11 is 1.56. The molecule has 0 radical (unpaired) electrons. The number of rotatable bonds is 3. The highest BCUT2D eigenvalue weighted by Gasteiger charge is 2.02. The molecule has 3 nitrogen and oxygen atoms in total. The van der Waals surface area contributed by atoms with Crippen molar-refractivity contribution >= 4 is 34.6 Å². The van der Waals surface area contributed by atoms with Crippen molar-refractivity contribution in [2.45, 2.75) is 13.8 Å². The summed E-state index contributed by atoms with van der Waals surface area (Å²) in [5.41, 5.74) is 6.02. The lowest BCUT2D eigenvalue weighted by molar-refractivity contribution is 1.27. The molecule has 1 aromatic heterocycles. The SMILES string of the molecule is CC(C)=NNc1nc(-c2ccccc2)cs1.Cl. The minimum atomic E-state index is 0. The average molecular weight is 268 g/mol. The Kier molecular flexibility index (Phi) is 5.12. The standard InChI is InChI=1S/C12H13N3S.ClH/c1-9(2)14-15-12-13-11(8-16-12)10-6-4-3-5-7-10;/h3-8H,1-2H3,(H,13,15);1H. The Morgan fingerprint density at radius 1 is 1.24 bits per heavy atom. The summed E-state index contributed by atoms with van der Waals surface area (Å²) < 4.78 is 0. The van der Waals surface area contributed by atoms with Crippen molar-refractivity contribution in [3.63, 3.8) is 0 Å². The first-order chi connectivity index (χ1) is 7.75. The lowest BCUT2D eigenvalue weighted by Gasteiger charge is -1.95. The van der Waals surface area contributed by atoms with E-state index < -0.39 is 0 Å². The van der Waals surface area contributed by atoms with Crippen molar-refractivity contribution < 1.29 is 0 Å². The summed E-state index contributed by atoms with van der Waals surface area (Å²) in [6.07, 6.45) is 0. The predicted molar refractivity (Wildman–Crippen MR) is 77.2 cm³/mol. The molecule has 1 N–H and O–H groups in total. The van der Waals surface area contributed by atoms with Crippen LogP contribution in [0.5, 0.6) is 0 Å². The molecule has 0 bridgehead atoms. The molecule has 90 valence electrons. The first-order valence-corrected chi connectivity index (χ1v) is 5.91. The largest absolute Gasteiger partial charge is 0.253 e. The predicted octanol–water partition coefficient (Wildman–Crippen LogP) is 4.04. The molecule has 0 atom stereocenters. The van der Waals surface area contributed by atoms with Crippen LogP contribution < -0.4 is 5.43 Å². The quantitative estimate of drug-likeness (QED) is 0.673. The topological polar surface area (TPSA) is 37.3 Å². The third kappa shape index (κ3) is 3.84. The molecule has 17 heavy (non-hydrogen) atoms. The molecule has 1 aromatic carbocycles. The maximum absolute atomic E-state index is 4.45. The molecule has 2 rings (SSSR count). The first-order valence-electron chi connectivity index (χ1n) is 5.03. The van der Waals surface area contributed by atoms with Crippen LogP contribution in [0.25, 0.3) is 11.3 Å². The monoisotopic (exact) mass is 267 g/mol. The number of benzene rings is 1. The van der Waals surface area contributed by atoms with Crippen LogP contribution in [-0.4, -0.2) is 10.7 Å². The second kappa shape index (κ2) is 6.37. The van der Waals surface area contributed by atoms with Crippen molar-refractivity contribution in [1.82, 2.24) is 4.98 Å². The van der Waals surface area contributed by atoms with Gasteiger partial charge in [-0.1, -0.05) is 30.3 Å². The van der Waals surface area contributed by atoms with Crippen LogP contribution in [0.4, 0.5) is 5.13 Å². The maximum atomic E-state index is 4.45. The van der Waals surface area contributed by atoms with E-state index in [9.17, 15) is 0 Å². The average Bonchev–Trinajstić information content (AvgIpc) is 2.76. The molecule has 0 fully saturated rings. The molecule has 0 aliphatic carbocycles. The van der Waals surface area contributed by atoms with E-state index in [1.54, 1.807) is 11.3 Å². The highest BCUT2D eigenvalue weighted by molar-refractivity contribution is 7.14. The Labute approximate surface area is 111 Å². The molecule has 0 saturated heterocycles. The number of hydrogen-bond acceptors (Lipinski definition) is 4. The van der Waals surface area contributed by atoms with Gasteiger partial charge in [0.25, 0.3) is 0 Å². The van der Waals surface area contributed by atoms with Gasteiger partial charge >= 0.3 is 0 Å². The third-order valence-corrected chi connectivity index (χ3v) is 2.70. The van der Waals surface area contributed by atoms with E-state index >= 15 is 0 Å². The van der Waals surface area contributed by atoms with Gasteiger partial charge in [-0.15, -0.1) is 23.7 Å². The van der Waals surface area contributed by atoms with Crippen LogP contribution in [-0.2, 0) is 0 Å². The van der Waals surface area contributed by atoms with Gasteiger partial charge in [0.05, 0.1) is 5.69 Å². The van der Waals surface area contributed by atoms with Crippen molar-refractivity contribution in [3.05, 3.63) is 35.7 Å². The third-order valence-electron chi connectivity index (χ3n) is 1.95. The van der Waals surface area contributed by atoms with Crippen LogP contribution in [0.2, 0.25) is 0 Å². The zero-order chi connectivity index (χ0) is 11.4. The van der Waals surface area contributed by atoms with Gasteiger partial charge < -0.3 is 0 Å². The second-order valence-electron chi connectivity index (χ2n) is 3.57. The molecule has 5 heteroatoms. The summed E-state index contributed by atoms with van der Waals surface area (Å²) in [7, 11) is 0. The fourth-order valence-corrected chi connectivity index (χ4v) is 1.89. The molecule has 0 aliphatic heterocycles. The summed E-state index contributed by atoms with van der Waals surface area (Å²) in [4.78, 5) is 4.45. The van der Waals surface area contributed by atoms with E-state index in [1.165, 1.54) is 0 Å². The normalized spacial score (nSPS) is 9.29. The van der Waals surface area contributed by atoms with Gasteiger partial charge in [0.15, 0.2) is 0 Å². The zero-order valence-corrected chi connectivity index (χ0v) is 11.3. The first kappa shape index (κ1) is 13.7. The van der Waals surface area contributed by atoms with Crippen LogP contribution >= 0.6 is 23.7 Å². The molecule has 0 saturated carbocycles. The van der Waals surface area contributed by atoms with Crippen molar-refractivity contribution in [2.24, 2.45) is 5.10 Å². The number of anilines is 1. The van der Waals surface area contributed by atoms with Gasteiger partial charge in [-0.2, -0.15) is 5.10 Å². The Morgan fingerprint density at radius 3 is 2.59 bits per heavy atom. The van der Waals surface area contributed by atoms with Crippen molar-refractivity contribution in [1.29, 1.82) is 0 Å². The van der Waals surface area contributed by atoms with E-state index in [1.807, 2.05) is 49.6 Å². The fourth-order valence-electron chi connectivity index (χ4n) is 1.23. The fraction of sp³-hybridized carbons (Fsp3) is 0.167. The van der Waals surface area contributed by atoms with Gasteiger partial charge in [0, 0.05) is 16.7 Å².